The molecule has 598 valence electrons. The normalized spacial score (nSPS) is 18.8. The van der Waals surface area contributed by atoms with Gasteiger partial charge in [0, 0.05) is 123 Å². The highest BCUT2D eigenvalue weighted by Crippen LogP contribution is 2.52. The molecule has 2 aromatic rings. The third-order valence-corrected chi connectivity index (χ3v) is 23.6. The number of nitrogens with one attached hydrogen (secondary N) is 3. The van der Waals surface area contributed by atoms with Crippen LogP contribution in [0.4, 0.5) is 13.6 Å². The zero-order chi connectivity index (χ0) is 79.7. The first-order valence-corrected chi connectivity index (χ1v) is 39.4. The molecule has 3 fully saturated rings. The lowest BCUT2D eigenvalue weighted by Crippen LogP contribution is -2.54. The molecule has 2 aromatic carbocycles. The number of primary amides is 1. The minimum atomic E-state index is -0.971. The Labute approximate surface area is 637 Å². The van der Waals surface area contributed by atoms with E-state index in [0.717, 1.165) is 25.0 Å². The Morgan fingerprint density at radius 3 is 1.96 bits per heavy atom. The first-order valence-electron chi connectivity index (χ1n) is 38.3. The van der Waals surface area contributed by atoms with Crippen LogP contribution in [-0.2, 0) is 86.4 Å². The lowest BCUT2D eigenvalue weighted by molar-refractivity contribution is -0.149. The van der Waals surface area contributed by atoms with Crippen molar-refractivity contribution >= 4 is 82.5 Å². The van der Waals surface area contributed by atoms with Gasteiger partial charge in [-0.15, -0.1) is 11.8 Å². The fraction of sp³-hybridized carbons (Fsp3) is 0.700. The van der Waals surface area contributed by atoms with Gasteiger partial charge in [-0.25, -0.2) is 13.6 Å². The van der Waals surface area contributed by atoms with Crippen molar-refractivity contribution in [1.29, 1.82) is 0 Å². The van der Waals surface area contributed by atoms with Crippen LogP contribution in [0, 0.1) is 58.5 Å². The number of benzene rings is 2. The Morgan fingerprint density at radius 2 is 1.39 bits per heavy atom. The minimum absolute atomic E-state index is 0.00476. The average Bonchev–Trinajstić information content (AvgIpc) is 1.69. The third-order valence-electron chi connectivity index (χ3n) is 22.0. The number of carbonyl (C=O) groups excluding carboxylic acids is 12. The number of imide groups is 1. The number of ketones is 3. The van der Waals surface area contributed by atoms with Crippen molar-refractivity contribution in [2.45, 2.75) is 239 Å². The summed E-state index contributed by atoms with van der Waals surface area (Å²) in [7, 11) is 11.4. The van der Waals surface area contributed by atoms with E-state index >= 15 is 4.79 Å². The third kappa shape index (κ3) is 26.5. The van der Waals surface area contributed by atoms with Gasteiger partial charge in [-0.05, 0) is 118 Å². The molecule has 107 heavy (non-hydrogen) atoms. The summed E-state index contributed by atoms with van der Waals surface area (Å²) in [6.07, 6.45) is 2.90. The zero-order valence-corrected chi connectivity index (χ0v) is 67.1. The Morgan fingerprint density at radius 1 is 0.757 bits per heavy atom. The highest BCUT2D eigenvalue weighted by Gasteiger charge is 2.49. The smallest absolute Gasteiger partial charge is 0.410 e. The predicted octanol–water partition coefficient (Wildman–Crippen LogP) is 8.82. The summed E-state index contributed by atoms with van der Waals surface area (Å²) in [5.41, 5.74) is 6.29. The van der Waals surface area contributed by atoms with Gasteiger partial charge in [-0.2, -0.15) is 0 Å². The number of hydrogen-bond acceptors (Lipinski definition) is 17. The van der Waals surface area contributed by atoms with Crippen LogP contribution in [0.2, 0.25) is 0 Å². The molecule has 5 N–H and O–H groups in total. The number of nitrogens with zero attached hydrogens (tertiary/aromatic N) is 5. The first kappa shape index (κ1) is 90.4. The fourth-order valence-electron chi connectivity index (χ4n) is 15.0. The van der Waals surface area contributed by atoms with Crippen molar-refractivity contribution in [2.75, 3.05) is 74.8 Å². The van der Waals surface area contributed by atoms with E-state index in [1.165, 1.54) is 41.8 Å². The van der Waals surface area contributed by atoms with Crippen molar-refractivity contribution in [3.8, 4) is 0 Å². The summed E-state index contributed by atoms with van der Waals surface area (Å²) in [6, 6.07) is 6.85. The number of halogens is 2. The summed E-state index contributed by atoms with van der Waals surface area (Å²) in [5, 5.41) is 7.89. The van der Waals surface area contributed by atoms with E-state index in [9.17, 15) is 61.5 Å². The monoisotopic (exact) mass is 1520 g/mol. The minimum Gasteiger partial charge on any atom is -0.445 e. The number of thioether (sulfide) groups is 1. The fourth-order valence-corrected chi connectivity index (χ4v) is 16.5. The van der Waals surface area contributed by atoms with Gasteiger partial charge in [0.25, 0.3) is 0 Å². The lowest BCUT2D eigenvalue weighted by atomic mass is 9.83. The summed E-state index contributed by atoms with van der Waals surface area (Å²) in [6.45, 7) is 16.9. The van der Waals surface area contributed by atoms with Crippen LogP contribution < -0.4 is 21.7 Å². The van der Waals surface area contributed by atoms with Gasteiger partial charge >= 0.3 is 6.09 Å². The van der Waals surface area contributed by atoms with Gasteiger partial charge in [0.1, 0.15) is 24.0 Å². The van der Waals surface area contributed by atoms with E-state index in [0.29, 0.717) is 61.8 Å². The number of hydrogen-bond donors (Lipinski definition) is 4. The highest BCUT2D eigenvalue weighted by molar-refractivity contribution is 8.00. The lowest BCUT2D eigenvalue weighted by Gasteiger charge is -2.41. The quantitative estimate of drug-likeness (QED) is 0.0355. The Balaban J connectivity index is 1.24. The van der Waals surface area contributed by atoms with Gasteiger partial charge < -0.3 is 50.6 Å². The van der Waals surface area contributed by atoms with E-state index < -0.39 is 107 Å². The van der Waals surface area contributed by atoms with E-state index in [1.54, 1.807) is 62.1 Å². The maximum atomic E-state index is 15.2. The Bertz CT molecular complexity index is 3330. The highest BCUT2D eigenvalue weighted by atomic mass is 32.2. The molecule has 2 saturated heterocycles. The molecule has 0 aromatic heterocycles. The number of ether oxygens (including phenoxy) is 3. The molecule has 0 bridgehead atoms. The summed E-state index contributed by atoms with van der Waals surface area (Å²) < 4.78 is 47.4. The number of Topliss-reactive ketones (excluding diaryl/α,β-unsaturated/α-hetero) is 3. The van der Waals surface area contributed by atoms with Crippen LogP contribution in [0.5, 0.6) is 0 Å². The zero-order valence-electron chi connectivity index (χ0n) is 66.3. The molecule has 2 heterocycles. The molecular formula is C80H123F2N9O15S. The van der Waals surface area contributed by atoms with E-state index in [1.807, 2.05) is 74.4 Å². The molecule has 2 aliphatic heterocycles. The SMILES string of the molecule is CC[C@H](C)[C@@H]([C@@H](CC(=O)N1C[C@@H](N(C)C(=O)OCc2ccc(CC(=O)[C@H](CCCCC(N)=O)NC(=O)[C@@H](CC(=O)CCCCCN3C(=O)CC(SCC4(CC(=O)NC)CC4)C3=O)C(C)C)cc2)C[C@H]1[C@H](OC)[C@@H](C)C(=O)NCCc1c(F)cccc1F)OC)N(C)C(=O)[C@@H](CC(=O)[C@H](C(C)C)N(C)C)C(C)C. The van der Waals surface area contributed by atoms with E-state index in [4.69, 9.17) is 19.9 Å². The molecule has 1 unspecified atom stereocenters. The molecule has 24 nitrogen and oxygen atoms in total. The Hall–Kier alpha value is -7.23. The van der Waals surface area contributed by atoms with E-state index in [-0.39, 0.29) is 166 Å². The van der Waals surface area contributed by atoms with Crippen molar-refractivity contribution in [3.63, 3.8) is 0 Å². The number of nitrogens with two attached hydrogens (primary N) is 1. The summed E-state index contributed by atoms with van der Waals surface area (Å²) in [5.74, 6) is -6.94. The molecule has 1 saturated carbocycles. The predicted molar refractivity (Wildman–Crippen MR) is 406 cm³/mol. The summed E-state index contributed by atoms with van der Waals surface area (Å²) in [4.78, 5) is 171. The molecule has 5 rings (SSSR count). The maximum Gasteiger partial charge on any atom is 0.410 e. The largest absolute Gasteiger partial charge is 0.445 e. The van der Waals surface area contributed by atoms with Gasteiger partial charge in [0.15, 0.2) is 11.6 Å². The number of methoxy groups -OCH3 is 2. The van der Waals surface area contributed by atoms with Gasteiger partial charge in [-0.1, -0.05) is 112 Å². The van der Waals surface area contributed by atoms with Crippen molar-refractivity contribution in [3.05, 3.63) is 70.8 Å². The number of rotatable bonds is 48. The van der Waals surface area contributed by atoms with Crippen LogP contribution in [0.15, 0.2) is 42.5 Å². The molecule has 1 aliphatic carbocycles. The number of carbonyl (C=O) groups is 12. The summed E-state index contributed by atoms with van der Waals surface area (Å²) >= 11 is 1.45. The average molecular weight is 1520 g/mol. The molecule has 3 aliphatic rings. The molecule has 27 heteroatoms. The second-order valence-corrected chi connectivity index (χ2v) is 32.4. The second kappa shape index (κ2) is 43.2. The number of likely N-dealkylation sites (N-methyl/N-ethyl adjacent to an activating group) is 3. The maximum absolute atomic E-state index is 15.2. The standard InChI is InChI=1S/C80H123F2N9O15S/c1-17-51(8)73(89(14)77(101)59(49(4)5)41-65(94)72(50(6)7)87(11)12)66(104-15)42-70(97)91-45-55(39-63(91)74(105-16)52(9)75(99)85-36-33-57-60(81)25-23-26-61(57)82)88(13)79(103)106-46-54-31-29-53(30-32-54)38-64(93)62(27-20-21-28-68(83)95)86-76(100)58(48(2)3)40-56(92)24-19-18-22-37-90-71(98)43-67(78(90)102)107-47-80(34-35-80)44-69(96)84-10/h23,25-26,29-32,48-52,55,58-59,62-63,66-67,72-74H,17-22,24,27-28,33-47H2,1-16H3,(H2,83,95)(H,84,96)(H,85,99)(H,86,100)/t51-,52+,55-,58-,59-,62-,63-,66+,67?,72-,73-,74+/m0/s1. The molecule has 0 radical (unpaired) electrons. The van der Waals surface area contributed by atoms with Crippen molar-refractivity contribution in [1.82, 2.24) is 40.4 Å². The second-order valence-electron chi connectivity index (χ2n) is 31.2. The van der Waals surface area contributed by atoms with Crippen molar-refractivity contribution in [2.24, 2.45) is 52.6 Å². The van der Waals surface area contributed by atoms with Crippen molar-refractivity contribution < 1.29 is 80.5 Å². The van der Waals surface area contributed by atoms with Crippen LogP contribution in [0.1, 0.15) is 188 Å². The Kier molecular flexibility index (Phi) is 36.5. The molecular weight excluding hydrogens is 1400 g/mol. The first-order chi connectivity index (χ1) is 50.5. The van der Waals surface area contributed by atoms with Crippen LogP contribution >= 0.6 is 11.8 Å². The van der Waals surface area contributed by atoms with E-state index in [2.05, 4.69) is 16.0 Å². The molecule has 0 spiro atoms. The number of likely N-dealkylation sites (tertiary alicyclic amines) is 2. The number of amides is 9. The van der Waals surface area contributed by atoms with Crippen LogP contribution in [-0.4, -0.2) is 218 Å². The number of unbranched alkanes of at least 4 members (excludes halogenated alkanes) is 3. The topological polar surface area (TPSA) is 311 Å². The molecule has 9 amide bonds. The van der Waals surface area contributed by atoms with Gasteiger partial charge in [0.2, 0.25) is 47.3 Å². The van der Waals surface area contributed by atoms with Gasteiger partial charge in [-0.3, -0.25) is 62.5 Å². The molecule has 12 atom stereocenters. The van der Waals surface area contributed by atoms with Crippen LogP contribution in [0.25, 0.3) is 0 Å². The van der Waals surface area contributed by atoms with Gasteiger partial charge in [0.05, 0.1) is 60.0 Å². The van der Waals surface area contributed by atoms with Crippen LogP contribution in [0.3, 0.4) is 0 Å².